The summed E-state index contributed by atoms with van der Waals surface area (Å²) < 4.78 is 2.74. The number of hydrogen-bond donors (Lipinski definition) is 1. The molecule has 2 aromatic rings. The van der Waals surface area contributed by atoms with Crippen molar-refractivity contribution in [1.29, 1.82) is 0 Å². The van der Waals surface area contributed by atoms with Crippen LogP contribution in [0.5, 0.6) is 0 Å². The van der Waals surface area contributed by atoms with Crippen molar-refractivity contribution in [3.8, 4) is 11.3 Å². The maximum absolute atomic E-state index is 5.96. The summed E-state index contributed by atoms with van der Waals surface area (Å²) in [5, 5.41) is 8.85. The number of halogens is 2. The molecular weight excluding hydrogens is 304 g/mol. The van der Waals surface area contributed by atoms with E-state index in [0.717, 1.165) is 28.7 Å². The minimum Gasteiger partial charge on any atom is -0.330 e. The summed E-state index contributed by atoms with van der Waals surface area (Å²) in [6.07, 6.45) is 2.78. The average molecular weight is 316 g/mol. The van der Waals surface area contributed by atoms with E-state index < -0.39 is 0 Å². The van der Waals surface area contributed by atoms with Crippen molar-refractivity contribution in [2.45, 2.75) is 13.0 Å². The SMILES string of the molecule is NCCCn1cc(-c2cc(Cl)ccc2Br)nn1. The van der Waals surface area contributed by atoms with Gasteiger partial charge in [-0.15, -0.1) is 5.10 Å². The van der Waals surface area contributed by atoms with Gasteiger partial charge in [-0.3, -0.25) is 4.68 Å². The van der Waals surface area contributed by atoms with Gasteiger partial charge in [0, 0.05) is 21.6 Å². The topological polar surface area (TPSA) is 56.7 Å². The highest BCUT2D eigenvalue weighted by Crippen LogP contribution is 2.29. The molecule has 0 aliphatic rings. The second-order valence-electron chi connectivity index (χ2n) is 3.63. The summed E-state index contributed by atoms with van der Waals surface area (Å²) in [4.78, 5) is 0. The van der Waals surface area contributed by atoms with Crippen molar-refractivity contribution in [3.05, 3.63) is 33.9 Å². The third-order valence-electron chi connectivity index (χ3n) is 2.33. The van der Waals surface area contributed by atoms with Crippen LogP contribution in [0.3, 0.4) is 0 Å². The van der Waals surface area contributed by atoms with Gasteiger partial charge in [0.15, 0.2) is 0 Å². The molecule has 0 saturated carbocycles. The lowest BCUT2D eigenvalue weighted by atomic mass is 10.2. The van der Waals surface area contributed by atoms with Crippen LogP contribution in [0.4, 0.5) is 0 Å². The number of nitrogens with zero attached hydrogens (tertiary/aromatic N) is 3. The zero-order valence-electron chi connectivity index (χ0n) is 9.11. The van der Waals surface area contributed by atoms with E-state index in [1.807, 2.05) is 24.4 Å². The molecule has 0 atom stereocenters. The van der Waals surface area contributed by atoms with E-state index in [1.54, 1.807) is 4.68 Å². The van der Waals surface area contributed by atoms with Gasteiger partial charge in [-0.1, -0.05) is 32.7 Å². The molecule has 0 fully saturated rings. The van der Waals surface area contributed by atoms with Crippen LogP contribution in [0.1, 0.15) is 6.42 Å². The summed E-state index contributed by atoms with van der Waals surface area (Å²) in [7, 11) is 0. The van der Waals surface area contributed by atoms with E-state index in [0.29, 0.717) is 11.6 Å². The van der Waals surface area contributed by atoms with Crippen LogP contribution >= 0.6 is 27.5 Å². The van der Waals surface area contributed by atoms with Crippen molar-refractivity contribution < 1.29 is 0 Å². The molecule has 6 heteroatoms. The number of aryl methyl sites for hydroxylation is 1. The van der Waals surface area contributed by atoms with Gasteiger partial charge in [-0.2, -0.15) is 0 Å². The molecule has 1 aromatic heterocycles. The zero-order chi connectivity index (χ0) is 12.3. The summed E-state index contributed by atoms with van der Waals surface area (Å²) >= 11 is 9.44. The zero-order valence-corrected chi connectivity index (χ0v) is 11.4. The Bertz CT molecular complexity index is 512. The number of rotatable bonds is 4. The Morgan fingerprint density at radius 3 is 3.00 bits per heavy atom. The van der Waals surface area contributed by atoms with Crippen molar-refractivity contribution in [1.82, 2.24) is 15.0 Å². The molecule has 0 saturated heterocycles. The van der Waals surface area contributed by atoms with Gasteiger partial charge in [0.25, 0.3) is 0 Å². The molecule has 0 bridgehead atoms. The highest BCUT2D eigenvalue weighted by Gasteiger charge is 2.08. The fourth-order valence-corrected chi connectivity index (χ4v) is 2.10. The highest BCUT2D eigenvalue weighted by molar-refractivity contribution is 9.10. The number of benzene rings is 1. The van der Waals surface area contributed by atoms with Crippen molar-refractivity contribution in [2.75, 3.05) is 6.54 Å². The maximum atomic E-state index is 5.96. The minimum absolute atomic E-state index is 0.649. The molecule has 1 aromatic carbocycles. The van der Waals surface area contributed by atoms with E-state index in [-0.39, 0.29) is 0 Å². The van der Waals surface area contributed by atoms with Crippen LogP contribution in [0, 0.1) is 0 Å². The molecule has 0 aliphatic heterocycles. The molecule has 2 rings (SSSR count). The Morgan fingerprint density at radius 1 is 1.41 bits per heavy atom. The quantitative estimate of drug-likeness (QED) is 0.944. The van der Waals surface area contributed by atoms with Gasteiger partial charge >= 0.3 is 0 Å². The second kappa shape index (κ2) is 5.62. The van der Waals surface area contributed by atoms with Crippen molar-refractivity contribution in [2.24, 2.45) is 5.73 Å². The van der Waals surface area contributed by atoms with Crippen LogP contribution in [0.2, 0.25) is 5.02 Å². The molecule has 0 spiro atoms. The molecule has 4 nitrogen and oxygen atoms in total. The summed E-state index contributed by atoms with van der Waals surface area (Å²) in [5.41, 5.74) is 7.20. The normalized spacial score (nSPS) is 10.8. The standard InChI is InChI=1S/C11H12BrClN4/c12-10-3-2-8(13)6-9(10)11-7-17(16-15-11)5-1-4-14/h2-3,6-7H,1,4-5,14H2. The van der Waals surface area contributed by atoms with Gasteiger partial charge in [0.1, 0.15) is 5.69 Å². The first-order valence-corrected chi connectivity index (χ1v) is 6.43. The molecule has 0 radical (unpaired) electrons. The lowest BCUT2D eigenvalue weighted by molar-refractivity contribution is 0.564. The first-order valence-electron chi connectivity index (χ1n) is 5.26. The summed E-state index contributed by atoms with van der Waals surface area (Å²) in [5.74, 6) is 0. The molecule has 2 N–H and O–H groups in total. The van der Waals surface area contributed by atoms with Gasteiger partial charge in [0.2, 0.25) is 0 Å². The van der Waals surface area contributed by atoms with Gasteiger partial charge in [0.05, 0.1) is 6.20 Å². The van der Waals surface area contributed by atoms with Gasteiger partial charge in [-0.25, -0.2) is 0 Å². The smallest absolute Gasteiger partial charge is 0.114 e. The fourth-order valence-electron chi connectivity index (χ4n) is 1.48. The Balaban J connectivity index is 2.27. The van der Waals surface area contributed by atoms with E-state index in [1.165, 1.54) is 0 Å². The van der Waals surface area contributed by atoms with E-state index in [9.17, 15) is 0 Å². The molecule has 0 unspecified atom stereocenters. The first kappa shape index (κ1) is 12.5. The lowest BCUT2D eigenvalue weighted by Gasteiger charge is -2.00. The van der Waals surface area contributed by atoms with Gasteiger partial charge < -0.3 is 5.73 Å². The van der Waals surface area contributed by atoms with Crippen LogP contribution in [0.15, 0.2) is 28.9 Å². The minimum atomic E-state index is 0.649. The Labute approximate surface area is 113 Å². The number of aromatic nitrogens is 3. The third kappa shape index (κ3) is 3.06. The van der Waals surface area contributed by atoms with E-state index in [4.69, 9.17) is 17.3 Å². The fraction of sp³-hybridized carbons (Fsp3) is 0.273. The van der Waals surface area contributed by atoms with Crippen LogP contribution in [-0.2, 0) is 6.54 Å². The summed E-state index contributed by atoms with van der Waals surface area (Å²) in [6, 6.07) is 5.59. The number of hydrogen-bond acceptors (Lipinski definition) is 3. The lowest BCUT2D eigenvalue weighted by Crippen LogP contribution is -2.06. The van der Waals surface area contributed by atoms with Crippen molar-refractivity contribution >= 4 is 27.5 Å². The maximum Gasteiger partial charge on any atom is 0.114 e. The molecular formula is C11H12BrClN4. The average Bonchev–Trinajstić information content (AvgIpc) is 2.78. The Hall–Kier alpha value is -0.910. The Kier molecular flexibility index (Phi) is 4.15. The highest BCUT2D eigenvalue weighted by atomic mass is 79.9. The van der Waals surface area contributed by atoms with Crippen LogP contribution in [0.25, 0.3) is 11.3 Å². The summed E-state index contributed by atoms with van der Waals surface area (Å²) in [6.45, 7) is 1.43. The predicted molar refractivity (Wildman–Crippen MR) is 71.8 cm³/mol. The van der Waals surface area contributed by atoms with E-state index in [2.05, 4.69) is 26.2 Å². The van der Waals surface area contributed by atoms with Crippen molar-refractivity contribution in [3.63, 3.8) is 0 Å². The Morgan fingerprint density at radius 2 is 2.24 bits per heavy atom. The van der Waals surface area contributed by atoms with E-state index >= 15 is 0 Å². The monoisotopic (exact) mass is 314 g/mol. The second-order valence-corrected chi connectivity index (χ2v) is 4.92. The van der Waals surface area contributed by atoms with Crippen LogP contribution < -0.4 is 5.73 Å². The first-order chi connectivity index (χ1) is 8.20. The molecule has 17 heavy (non-hydrogen) atoms. The van der Waals surface area contributed by atoms with Crippen LogP contribution in [-0.4, -0.2) is 21.5 Å². The number of nitrogens with two attached hydrogens (primary N) is 1. The molecule has 90 valence electrons. The largest absolute Gasteiger partial charge is 0.330 e. The molecule has 1 heterocycles. The predicted octanol–water partition coefficient (Wildman–Crippen LogP) is 2.71. The third-order valence-corrected chi connectivity index (χ3v) is 3.26. The molecule has 0 amide bonds. The van der Waals surface area contributed by atoms with Gasteiger partial charge in [-0.05, 0) is 31.2 Å². The molecule has 0 aliphatic carbocycles.